The molecule has 1 N–H and O–H groups in total. The molecule has 0 aliphatic carbocycles. The van der Waals surface area contributed by atoms with Gasteiger partial charge in [0.15, 0.2) is 0 Å². The SMILES string of the molecule is OCC1CCN(CCOCCS)C1. The van der Waals surface area contributed by atoms with Crippen molar-refractivity contribution in [3.05, 3.63) is 0 Å². The number of aliphatic hydroxyl groups excluding tert-OH is 1. The van der Waals surface area contributed by atoms with Crippen molar-refractivity contribution in [3.63, 3.8) is 0 Å². The highest BCUT2D eigenvalue weighted by Gasteiger charge is 2.20. The molecule has 4 heteroatoms. The maximum atomic E-state index is 8.93. The lowest BCUT2D eigenvalue weighted by Crippen LogP contribution is -2.26. The molecule has 0 saturated carbocycles. The number of hydrogen-bond donors (Lipinski definition) is 2. The van der Waals surface area contributed by atoms with Crippen LogP contribution in [0.3, 0.4) is 0 Å². The summed E-state index contributed by atoms with van der Waals surface area (Å²) in [5, 5.41) is 8.93. The van der Waals surface area contributed by atoms with Gasteiger partial charge in [-0.15, -0.1) is 0 Å². The van der Waals surface area contributed by atoms with Crippen LogP contribution in [0.1, 0.15) is 6.42 Å². The average Bonchev–Trinajstić information content (AvgIpc) is 2.60. The molecule has 1 atom stereocenters. The molecule has 1 aliphatic rings. The van der Waals surface area contributed by atoms with Crippen molar-refractivity contribution in [2.24, 2.45) is 5.92 Å². The molecule has 0 spiro atoms. The first-order chi connectivity index (χ1) is 6.36. The second kappa shape index (κ2) is 6.65. The highest BCUT2D eigenvalue weighted by atomic mass is 32.1. The molecule has 1 fully saturated rings. The molecule has 3 nitrogen and oxygen atoms in total. The Balaban J connectivity index is 1.97. The number of hydrogen-bond acceptors (Lipinski definition) is 4. The van der Waals surface area contributed by atoms with E-state index in [1.807, 2.05) is 0 Å². The molecule has 0 radical (unpaired) electrons. The van der Waals surface area contributed by atoms with Crippen molar-refractivity contribution in [1.82, 2.24) is 4.90 Å². The van der Waals surface area contributed by atoms with Crippen molar-refractivity contribution in [2.75, 3.05) is 45.2 Å². The van der Waals surface area contributed by atoms with Crippen LogP contribution in [0.25, 0.3) is 0 Å². The molecule has 1 rings (SSSR count). The third kappa shape index (κ3) is 4.31. The zero-order valence-electron chi connectivity index (χ0n) is 7.98. The number of ether oxygens (including phenoxy) is 1. The molecule has 1 heterocycles. The number of aliphatic hydroxyl groups is 1. The minimum atomic E-state index is 0.327. The quantitative estimate of drug-likeness (QED) is 0.481. The Morgan fingerprint density at radius 2 is 2.31 bits per heavy atom. The van der Waals surface area contributed by atoms with Crippen molar-refractivity contribution in [1.29, 1.82) is 0 Å². The van der Waals surface area contributed by atoms with E-state index in [-0.39, 0.29) is 0 Å². The minimum Gasteiger partial charge on any atom is -0.396 e. The maximum Gasteiger partial charge on any atom is 0.0593 e. The number of thiol groups is 1. The molecule has 0 aromatic carbocycles. The first kappa shape index (κ1) is 11.3. The van der Waals surface area contributed by atoms with Crippen LogP contribution in [0.4, 0.5) is 0 Å². The van der Waals surface area contributed by atoms with E-state index in [4.69, 9.17) is 9.84 Å². The van der Waals surface area contributed by atoms with Crippen LogP contribution in [0.2, 0.25) is 0 Å². The van der Waals surface area contributed by atoms with Gasteiger partial charge in [-0.25, -0.2) is 0 Å². The zero-order chi connectivity index (χ0) is 9.52. The lowest BCUT2D eigenvalue weighted by Gasteiger charge is -2.14. The average molecular weight is 205 g/mol. The normalized spacial score (nSPS) is 24.0. The van der Waals surface area contributed by atoms with Crippen LogP contribution in [0, 0.1) is 5.92 Å². The highest BCUT2D eigenvalue weighted by molar-refractivity contribution is 7.80. The smallest absolute Gasteiger partial charge is 0.0593 e. The molecule has 0 aromatic heterocycles. The van der Waals surface area contributed by atoms with E-state index in [1.54, 1.807) is 0 Å². The van der Waals surface area contributed by atoms with E-state index in [0.29, 0.717) is 12.5 Å². The lowest BCUT2D eigenvalue weighted by atomic mass is 10.1. The van der Waals surface area contributed by atoms with Crippen LogP contribution in [0.5, 0.6) is 0 Å². The number of nitrogens with zero attached hydrogens (tertiary/aromatic N) is 1. The van der Waals surface area contributed by atoms with Crippen LogP contribution < -0.4 is 0 Å². The van der Waals surface area contributed by atoms with Crippen molar-refractivity contribution >= 4 is 12.6 Å². The van der Waals surface area contributed by atoms with Gasteiger partial charge in [0.05, 0.1) is 13.2 Å². The van der Waals surface area contributed by atoms with Gasteiger partial charge in [-0.05, 0) is 18.9 Å². The van der Waals surface area contributed by atoms with Crippen molar-refractivity contribution in [2.45, 2.75) is 6.42 Å². The summed E-state index contributed by atoms with van der Waals surface area (Å²) in [7, 11) is 0. The monoisotopic (exact) mass is 205 g/mol. The summed E-state index contributed by atoms with van der Waals surface area (Å²) in [6, 6.07) is 0. The largest absolute Gasteiger partial charge is 0.396 e. The summed E-state index contributed by atoms with van der Waals surface area (Å²) in [4.78, 5) is 2.35. The molecule has 13 heavy (non-hydrogen) atoms. The Morgan fingerprint density at radius 3 is 2.92 bits per heavy atom. The van der Waals surface area contributed by atoms with Crippen LogP contribution in [-0.4, -0.2) is 55.2 Å². The molecule has 0 aromatic rings. The second-order valence-electron chi connectivity index (χ2n) is 3.47. The Kier molecular flexibility index (Phi) is 5.78. The molecular formula is C9H19NO2S. The van der Waals surface area contributed by atoms with E-state index < -0.39 is 0 Å². The van der Waals surface area contributed by atoms with Gasteiger partial charge < -0.3 is 14.7 Å². The Bertz CT molecular complexity index is 135. The standard InChI is InChI=1S/C9H19NO2S/c11-8-9-1-2-10(7-9)3-4-12-5-6-13/h9,11,13H,1-8H2. The second-order valence-corrected chi connectivity index (χ2v) is 3.92. The number of rotatable bonds is 6. The first-order valence-electron chi connectivity index (χ1n) is 4.88. The fourth-order valence-corrected chi connectivity index (χ4v) is 1.75. The molecule has 1 saturated heterocycles. The molecular weight excluding hydrogens is 186 g/mol. The van der Waals surface area contributed by atoms with E-state index in [1.165, 1.54) is 0 Å². The van der Waals surface area contributed by atoms with Gasteiger partial charge in [0.1, 0.15) is 0 Å². The Morgan fingerprint density at radius 1 is 1.46 bits per heavy atom. The predicted octanol–water partition coefficient (Wildman–Crippen LogP) is 0.247. The molecule has 0 bridgehead atoms. The summed E-state index contributed by atoms with van der Waals surface area (Å²) in [5.41, 5.74) is 0. The van der Waals surface area contributed by atoms with E-state index >= 15 is 0 Å². The summed E-state index contributed by atoms with van der Waals surface area (Å²) in [6.07, 6.45) is 1.13. The molecule has 78 valence electrons. The fourth-order valence-electron chi connectivity index (χ4n) is 1.63. The maximum absolute atomic E-state index is 8.93. The third-order valence-electron chi connectivity index (χ3n) is 2.42. The lowest BCUT2D eigenvalue weighted by molar-refractivity contribution is 0.120. The minimum absolute atomic E-state index is 0.327. The Hall–Kier alpha value is 0.230. The van der Waals surface area contributed by atoms with Gasteiger partial charge >= 0.3 is 0 Å². The molecule has 1 unspecified atom stereocenters. The molecule has 0 amide bonds. The van der Waals surface area contributed by atoms with Crippen LogP contribution in [0.15, 0.2) is 0 Å². The van der Waals surface area contributed by atoms with E-state index in [9.17, 15) is 0 Å². The summed E-state index contributed by atoms with van der Waals surface area (Å²) >= 11 is 4.06. The van der Waals surface area contributed by atoms with Gasteiger partial charge in [0, 0.05) is 25.4 Å². The summed E-state index contributed by atoms with van der Waals surface area (Å²) < 4.78 is 5.33. The first-order valence-corrected chi connectivity index (χ1v) is 5.52. The molecule has 1 aliphatic heterocycles. The van der Waals surface area contributed by atoms with Gasteiger partial charge in [0.2, 0.25) is 0 Å². The van der Waals surface area contributed by atoms with Gasteiger partial charge in [0.25, 0.3) is 0 Å². The van der Waals surface area contributed by atoms with E-state index in [2.05, 4.69) is 17.5 Å². The fraction of sp³-hybridized carbons (Fsp3) is 1.00. The van der Waals surface area contributed by atoms with Crippen LogP contribution in [-0.2, 0) is 4.74 Å². The topological polar surface area (TPSA) is 32.7 Å². The third-order valence-corrected chi connectivity index (χ3v) is 2.60. The zero-order valence-corrected chi connectivity index (χ0v) is 8.88. The Labute approximate surface area is 85.5 Å². The highest BCUT2D eigenvalue weighted by Crippen LogP contribution is 2.14. The number of likely N-dealkylation sites (tertiary alicyclic amines) is 1. The van der Waals surface area contributed by atoms with Gasteiger partial charge in [-0.1, -0.05) is 0 Å². The van der Waals surface area contributed by atoms with Crippen molar-refractivity contribution < 1.29 is 9.84 Å². The van der Waals surface area contributed by atoms with E-state index in [0.717, 1.165) is 45.0 Å². The van der Waals surface area contributed by atoms with Crippen molar-refractivity contribution in [3.8, 4) is 0 Å². The van der Waals surface area contributed by atoms with Gasteiger partial charge in [-0.3, -0.25) is 0 Å². The van der Waals surface area contributed by atoms with Crippen LogP contribution >= 0.6 is 12.6 Å². The predicted molar refractivity (Wildman–Crippen MR) is 56.3 cm³/mol. The van der Waals surface area contributed by atoms with Gasteiger partial charge in [-0.2, -0.15) is 12.6 Å². The summed E-state index contributed by atoms with van der Waals surface area (Å²) in [5.74, 6) is 1.28. The summed E-state index contributed by atoms with van der Waals surface area (Å²) in [6.45, 7) is 4.98.